The topological polar surface area (TPSA) is 0 Å². The van der Waals surface area contributed by atoms with Crippen molar-refractivity contribution in [2.24, 2.45) is 0 Å². The Bertz CT molecular complexity index is 454. The molecule has 0 aliphatic heterocycles. The normalized spacial score (nSPS) is 10.3. The minimum atomic E-state index is 0.586. The Morgan fingerprint density at radius 1 is 0.867 bits per heavy atom. The van der Waals surface area contributed by atoms with E-state index in [1.165, 1.54) is 0 Å². The molecular formula is C12H7Cl2S. The Morgan fingerprint density at radius 2 is 1.60 bits per heavy atom. The van der Waals surface area contributed by atoms with Gasteiger partial charge < -0.3 is 0 Å². The first-order valence-electron chi connectivity index (χ1n) is 4.35. The maximum absolute atomic E-state index is 5.93. The highest BCUT2D eigenvalue weighted by molar-refractivity contribution is 7.99. The van der Waals surface area contributed by atoms with Gasteiger partial charge in [0.15, 0.2) is 0 Å². The molecule has 2 rings (SSSR count). The van der Waals surface area contributed by atoms with Crippen LogP contribution < -0.4 is 0 Å². The number of hydrogen-bond donors (Lipinski definition) is 0. The average molecular weight is 254 g/mol. The van der Waals surface area contributed by atoms with E-state index in [9.17, 15) is 0 Å². The van der Waals surface area contributed by atoms with Gasteiger partial charge in [-0.1, -0.05) is 47.1 Å². The Hall–Kier alpha value is -0.630. The molecule has 0 nitrogen and oxygen atoms in total. The van der Waals surface area contributed by atoms with E-state index in [2.05, 4.69) is 6.07 Å². The van der Waals surface area contributed by atoms with E-state index in [1.807, 2.05) is 36.4 Å². The van der Waals surface area contributed by atoms with Gasteiger partial charge in [0.1, 0.15) is 0 Å². The van der Waals surface area contributed by atoms with E-state index >= 15 is 0 Å². The van der Waals surface area contributed by atoms with E-state index < -0.39 is 0 Å². The molecule has 0 heterocycles. The monoisotopic (exact) mass is 253 g/mol. The summed E-state index contributed by atoms with van der Waals surface area (Å²) >= 11 is 13.4. The zero-order valence-corrected chi connectivity index (χ0v) is 10.0. The lowest BCUT2D eigenvalue weighted by molar-refractivity contribution is 1.40. The van der Waals surface area contributed by atoms with Crippen molar-refractivity contribution in [1.29, 1.82) is 0 Å². The quantitative estimate of drug-likeness (QED) is 0.731. The summed E-state index contributed by atoms with van der Waals surface area (Å²) in [5.74, 6) is 0. The zero-order chi connectivity index (χ0) is 10.7. The number of rotatable bonds is 2. The van der Waals surface area contributed by atoms with Crippen molar-refractivity contribution in [3.8, 4) is 0 Å². The average Bonchev–Trinajstić information content (AvgIpc) is 2.25. The second-order valence-electron chi connectivity index (χ2n) is 2.91. The van der Waals surface area contributed by atoms with Crippen LogP contribution in [0.2, 0.25) is 10.0 Å². The number of benzene rings is 2. The highest BCUT2D eigenvalue weighted by Gasteiger charge is 2.00. The van der Waals surface area contributed by atoms with Crippen molar-refractivity contribution >= 4 is 35.0 Å². The molecule has 1 radical (unpaired) electrons. The summed E-state index contributed by atoms with van der Waals surface area (Å²) in [5, 5.41) is 1.17. The van der Waals surface area contributed by atoms with Crippen molar-refractivity contribution < 1.29 is 0 Å². The molecular weight excluding hydrogens is 247 g/mol. The maximum atomic E-state index is 5.93. The van der Waals surface area contributed by atoms with E-state index in [4.69, 9.17) is 23.2 Å². The predicted molar refractivity (Wildman–Crippen MR) is 65.9 cm³/mol. The maximum Gasteiger partial charge on any atom is 0.0603 e. The van der Waals surface area contributed by atoms with E-state index in [0.29, 0.717) is 10.0 Å². The molecule has 0 saturated carbocycles. The molecule has 0 aliphatic rings. The largest absolute Gasteiger partial charge is 0.0900 e. The van der Waals surface area contributed by atoms with Crippen molar-refractivity contribution in [3.63, 3.8) is 0 Å². The van der Waals surface area contributed by atoms with Crippen LogP contribution in [-0.2, 0) is 0 Å². The van der Waals surface area contributed by atoms with Gasteiger partial charge in [-0.15, -0.1) is 0 Å². The first-order chi connectivity index (χ1) is 7.25. The lowest BCUT2D eigenvalue weighted by Gasteiger charge is -2.02. The summed E-state index contributed by atoms with van der Waals surface area (Å²) < 4.78 is 0. The molecule has 0 saturated heterocycles. The summed E-state index contributed by atoms with van der Waals surface area (Å²) in [7, 11) is 0. The molecule has 2 aromatic carbocycles. The molecule has 0 amide bonds. The molecule has 0 atom stereocenters. The van der Waals surface area contributed by atoms with Crippen molar-refractivity contribution in [3.05, 3.63) is 58.6 Å². The van der Waals surface area contributed by atoms with Crippen LogP contribution in [0.5, 0.6) is 0 Å². The second kappa shape index (κ2) is 4.93. The fourth-order valence-corrected chi connectivity index (χ4v) is 2.34. The molecule has 0 aromatic heterocycles. The fraction of sp³-hybridized carbons (Fsp3) is 0. The third-order valence-corrected chi connectivity index (χ3v) is 3.55. The highest BCUT2D eigenvalue weighted by atomic mass is 35.5. The van der Waals surface area contributed by atoms with Crippen molar-refractivity contribution in [2.45, 2.75) is 9.79 Å². The van der Waals surface area contributed by atoms with Crippen LogP contribution >= 0.6 is 35.0 Å². The van der Waals surface area contributed by atoms with Crippen molar-refractivity contribution in [1.82, 2.24) is 0 Å². The minimum absolute atomic E-state index is 0.586. The molecule has 0 aliphatic carbocycles. The van der Waals surface area contributed by atoms with Crippen LogP contribution in [0.4, 0.5) is 0 Å². The molecule has 2 aromatic rings. The van der Waals surface area contributed by atoms with Crippen LogP contribution in [0.3, 0.4) is 0 Å². The fourth-order valence-electron chi connectivity index (χ4n) is 1.12. The summed E-state index contributed by atoms with van der Waals surface area (Å²) in [6.07, 6.45) is 0. The molecule has 0 bridgehead atoms. The third kappa shape index (κ3) is 2.91. The summed E-state index contributed by atoms with van der Waals surface area (Å²) in [4.78, 5) is 2.24. The molecule has 3 heteroatoms. The summed E-state index contributed by atoms with van der Waals surface area (Å²) in [5.41, 5.74) is 0. The van der Waals surface area contributed by atoms with E-state index in [1.54, 1.807) is 17.8 Å². The van der Waals surface area contributed by atoms with Gasteiger partial charge in [-0.2, -0.15) is 0 Å². The van der Waals surface area contributed by atoms with Gasteiger partial charge in [-0.25, -0.2) is 0 Å². The third-order valence-electron chi connectivity index (χ3n) is 1.81. The van der Waals surface area contributed by atoms with Crippen LogP contribution in [-0.4, -0.2) is 0 Å². The Labute approximate surface area is 103 Å². The molecule has 0 fully saturated rings. The SMILES string of the molecule is Clc1ccc(Sc2cc[c]cc2)cc1Cl. The van der Waals surface area contributed by atoms with Gasteiger partial charge in [-0.3, -0.25) is 0 Å². The summed E-state index contributed by atoms with van der Waals surface area (Å²) in [6.45, 7) is 0. The zero-order valence-electron chi connectivity index (χ0n) is 7.71. The summed E-state index contributed by atoms with van der Waals surface area (Å²) in [6, 6.07) is 16.4. The van der Waals surface area contributed by atoms with Crippen LogP contribution in [0.1, 0.15) is 0 Å². The Kier molecular flexibility index (Phi) is 3.57. The number of hydrogen-bond acceptors (Lipinski definition) is 1. The Balaban J connectivity index is 2.22. The van der Waals surface area contributed by atoms with Gasteiger partial charge in [0, 0.05) is 9.79 Å². The predicted octanol–water partition coefficient (Wildman–Crippen LogP) is 4.94. The van der Waals surface area contributed by atoms with Gasteiger partial charge in [0.05, 0.1) is 10.0 Å². The first-order valence-corrected chi connectivity index (χ1v) is 5.92. The van der Waals surface area contributed by atoms with Crippen LogP contribution in [0, 0.1) is 6.07 Å². The van der Waals surface area contributed by atoms with E-state index in [-0.39, 0.29) is 0 Å². The first kappa shape index (κ1) is 10.9. The lowest BCUT2D eigenvalue weighted by atomic mass is 10.4. The van der Waals surface area contributed by atoms with Crippen LogP contribution in [0.25, 0.3) is 0 Å². The molecule has 0 spiro atoms. The molecule has 0 unspecified atom stereocenters. The van der Waals surface area contributed by atoms with Crippen LogP contribution in [0.15, 0.2) is 52.3 Å². The minimum Gasteiger partial charge on any atom is -0.0900 e. The lowest BCUT2D eigenvalue weighted by Crippen LogP contribution is -1.74. The standard InChI is InChI=1S/C12H7Cl2S/c13-11-7-6-10(8-12(11)14)15-9-4-2-1-3-5-9/h2-8H. The van der Waals surface area contributed by atoms with Gasteiger partial charge in [0.25, 0.3) is 0 Å². The molecule has 75 valence electrons. The second-order valence-corrected chi connectivity index (χ2v) is 4.88. The smallest absolute Gasteiger partial charge is 0.0603 e. The van der Waals surface area contributed by atoms with E-state index in [0.717, 1.165) is 9.79 Å². The highest BCUT2D eigenvalue weighted by Crippen LogP contribution is 2.32. The van der Waals surface area contributed by atoms with Gasteiger partial charge in [-0.05, 0) is 36.4 Å². The molecule has 15 heavy (non-hydrogen) atoms. The van der Waals surface area contributed by atoms with Gasteiger partial charge in [0.2, 0.25) is 0 Å². The number of halogens is 2. The molecule has 0 N–H and O–H groups in total. The van der Waals surface area contributed by atoms with Gasteiger partial charge >= 0.3 is 0 Å². The Morgan fingerprint density at radius 3 is 2.27 bits per heavy atom. The van der Waals surface area contributed by atoms with Crippen molar-refractivity contribution in [2.75, 3.05) is 0 Å².